The topological polar surface area (TPSA) is 41.4 Å². The second-order valence-electron chi connectivity index (χ2n) is 5.83. The lowest BCUT2D eigenvalue weighted by atomic mass is 10.2. The Bertz CT molecular complexity index is 805. The number of hydrogen-bond acceptors (Lipinski definition) is 4. The van der Waals surface area contributed by atoms with Gasteiger partial charge in [0.2, 0.25) is 0 Å². The van der Waals surface area contributed by atoms with Crippen LogP contribution in [0.2, 0.25) is 5.02 Å². The number of halogens is 4. The molecule has 0 aliphatic rings. The summed E-state index contributed by atoms with van der Waals surface area (Å²) in [6.07, 6.45) is -3.13. The molecule has 2 aromatic rings. The lowest BCUT2D eigenvalue weighted by Gasteiger charge is -2.22. The van der Waals surface area contributed by atoms with Crippen LogP contribution in [0.4, 0.5) is 18.9 Å². The molecule has 0 saturated heterocycles. The Labute approximate surface area is 148 Å². The van der Waals surface area contributed by atoms with Gasteiger partial charge in [0.1, 0.15) is 5.02 Å². The van der Waals surface area contributed by atoms with Gasteiger partial charge >= 0.3 is 6.18 Å². The van der Waals surface area contributed by atoms with Crippen molar-refractivity contribution in [2.45, 2.75) is 6.18 Å². The van der Waals surface area contributed by atoms with E-state index in [9.17, 15) is 18.0 Å². The van der Waals surface area contributed by atoms with E-state index >= 15 is 0 Å². The highest BCUT2D eigenvalue weighted by Gasteiger charge is 2.30. The zero-order valence-electron chi connectivity index (χ0n) is 14.0. The molecule has 136 valence electrons. The van der Waals surface area contributed by atoms with Crippen LogP contribution < -0.4 is 10.5 Å². The zero-order chi connectivity index (χ0) is 18.8. The highest BCUT2D eigenvalue weighted by atomic mass is 35.5. The molecule has 5 nitrogen and oxygen atoms in total. The summed E-state index contributed by atoms with van der Waals surface area (Å²) in [5.74, 6) is 0. The second-order valence-corrected chi connectivity index (χ2v) is 6.21. The predicted molar refractivity (Wildman–Crippen MR) is 91.7 cm³/mol. The summed E-state index contributed by atoms with van der Waals surface area (Å²) in [6, 6.07) is 4.38. The maximum absolute atomic E-state index is 12.8. The van der Waals surface area contributed by atoms with Crippen molar-refractivity contribution in [3.63, 3.8) is 0 Å². The minimum atomic E-state index is -4.50. The molecule has 0 spiro atoms. The van der Waals surface area contributed by atoms with Crippen LogP contribution in [0.3, 0.4) is 0 Å². The van der Waals surface area contributed by atoms with Gasteiger partial charge in [-0.05, 0) is 32.3 Å². The van der Waals surface area contributed by atoms with Crippen molar-refractivity contribution in [3.8, 4) is 5.69 Å². The standard InChI is InChI=1S/C16H18ClF3N4O/c1-22(2)7-8-23(3)13-10-21-24(15(25)14(13)17)12-6-4-5-11(9-12)16(18,19)20/h4-6,9-10H,7-8H2,1-3H3. The average Bonchev–Trinajstić information content (AvgIpc) is 2.54. The van der Waals surface area contributed by atoms with Crippen molar-refractivity contribution in [1.82, 2.24) is 14.7 Å². The minimum absolute atomic E-state index is 0.00391. The van der Waals surface area contributed by atoms with Gasteiger partial charge in [-0.15, -0.1) is 0 Å². The van der Waals surface area contributed by atoms with Gasteiger partial charge < -0.3 is 9.80 Å². The van der Waals surface area contributed by atoms with Gasteiger partial charge in [-0.1, -0.05) is 17.7 Å². The number of benzene rings is 1. The van der Waals surface area contributed by atoms with E-state index in [0.29, 0.717) is 12.2 Å². The number of nitrogens with zero attached hydrogens (tertiary/aromatic N) is 4. The van der Waals surface area contributed by atoms with E-state index in [1.807, 2.05) is 19.0 Å². The Morgan fingerprint density at radius 3 is 2.48 bits per heavy atom. The molecule has 0 bridgehead atoms. The maximum atomic E-state index is 12.8. The third-order valence-electron chi connectivity index (χ3n) is 3.61. The Kier molecular flexibility index (Phi) is 5.74. The number of hydrogen-bond donors (Lipinski definition) is 0. The van der Waals surface area contributed by atoms with E-state index < -0.39 is 17.3 Å². The predicted octanol–water partition coefficient (Wildman–Crippen LogP) is 2.90. The lowest BCUT2D eigenvalue weighted by molar-refractivity contribution is -0.137. The van der Waals surface area contributed by atoms with Crippen molar-refractivity contribution in [3.05, 3.63) is 51.4 Å². The van der Waals surface area contributed by atoms with E-state index in [1.165, 1.54) is 18.3 Å². The van der Waals surface area contributed by atoms with Gasteiger partial charge in [0.05, 0.1) is 23.1 Å². The van der Waals surface area contributed by atoms with E-state index in [2.05, 4.69) is 5.10 Å². The highest BCUT2D eigenvalue weighted by molar-refractivity contribution is 6.33. The zero-order valence-corrected chi connectivity index (χ0v) is 14.8. The van der Waals surface area contributed by atoms with Crippen LogP contribution in [0.15, 0.2) is 35.3 Å². The summed E-state index contributed by atoms with van der Waals surface area (Å²) in [4.78, 5) is 16.2. The molecule has 1 aromatic heterocycles. The summed E-state index contributed by atoms with van der Waals surface area (Å²) in [5.41, 5.74) is -1.10. The van der Waals surface area contributed by atoms with Gasteiger partial charge in [0, 0.05) is 20.1 Å². The summed E-state index contributed by atoms with van der Waals surface area (Å²) in [7, 11) is 5.60. The Morgan fingerprint density at radius 2 is 1.88 bits per heavy atom. The maximum Gasteiger partial charge on any atom is 0.416 e. The smallest absolute Gasteiger partial charge is 0.371 e. The van der Waals surface area contributed by atoms with E-state index in [1.54, 1.807) is 11.9 Å². The molecule has 2 rings (SSSR count). The molecule has 0 aliphatic carbocycles. The lowest BCUT2D eigenvalue weighted by Crippen LogP contribution is -2.31. The van der Waals surface area contributed by atoms with E-state index in [0.717, 1.165) is 23.4 Å². The fourth-order valence-corrected chi connectivity index (χ4v) is 2.43. The fraction of sp³-hybridized carbons (Fsp3) is 0.375. The van der Waals surface area contributed by atoms with Crippen molar-refractivity contribution >= 4 is 17.3 Å². The average molecular weight is 375 g/mol. The van der Waals surface area contributed by atoms with Crippen molar-refractivity contribution in [1.29, 1.82) is 0 Å². The molecule has 0 atom stereocenters. The Morgan fingerprint density at radius 1 is 1.20 bits per heavy atom. The number of anilines is 1. The molecular weight excluding hydrogens is 357 g/mol. The molecule has 0 aliphatic heterocycles. The highest BCUT2D eigenvalue weighted by Crippen LogP contribution is 2.30. The van der Waals surface area contributed by atoms with Gasteiger partial charge in [-0.3, -0.25) is 4.79 Å². The molecule has 0 N–H and O–H groups in total. The third-order valence-corrected chi connectivity index (χ3v) is 3.97. The molecular formula is C16H18ClF3N4O. The second kappa shape index (κ2) is 7.45. The summed E-state index contributed by atoms with van der Waals surface area (Å²) >= 11 is 6.14. The van der Waals surface area contributed by atoms with E-state index in [4.69, 9.17) is 11.6 Å². The molecule has 9 heteroatoms. The van der Waals surface area contributed by atoms with Crippen LogP contribution in [0.5, 0.6) is 0 Å². The molecule has 0 unspecified atom stereocenters. The minimum Gasteiger partial charge on any atom is -0.371 e. The van der Waals surface area contributed by atoms with Crippen molar-refractivity contribution in [2.24, 2.45) is 0 Å². The van der Waals surface area contributed by atoms with Gasteiger partial charge in [-0.2, -0.15) is 23.0 Å². The number of likely N-dealkylation sites (N-methyl/N-ethyl adjacent to an activating group) is 2. The van der Waals surface area contributed by atoms with Gasteiger partial charge in [0.15, 0.2) is 0 Å². The van der Waals surface area contributed by atoms with Crippen LogP contribution in [-0.4, -0.2) is 48.9 Å². The van der Waals surface area contributed by atoms with Crippen LogP contribution in [-0.2, 0) is 6.18 Å². The molecule has 0 radical (unpaired) electrons. The fourth-order valence-electron chi connectivity index (χ4n) is 2.16. The Balaban J connectivity index is 2.39. The van der Waals surface area contributed by atoms with Gasteiger partial charge in [0.25, 0.3) is 5.56 Å². The summed E-state index contributed by atoms with van der Waals surface area (Å²) in [6.45, 7) is 1.35. The van der Waals surface area contributed by atoms with Crippen LogP contribution in [0, 0.1) is 0 Å². The van der Waals surface area contributed by atoms with Crippen LogP contribution in [0.1, 0.15) is 5.56 Å². The molecule has 25 heavy (non-hydrogen) atoms. The monoisotopic (exact) mass is 374 g/mol. The van der Waals surface area contributed by atoms with Gasteiger partial charge in [-0.25, -0.2) is 0 Å². The number of rotatable bonds is 5. The SMILES string of the molecule is CN(C)CCN(C)c1cnn(-c2cccc(C(F)(F)F)c2)c(=O)c1Cl. The van der Waals surface area contributed by atoms with E-state index in [-0.39, 0.29) is 10.7 Å². The summed E-state index contributed by atoms with van der Waals surface area (Å²) in [5, 5.41) is 3.89. The first-order chi connectivity index (χ1) is 11.6. The third kappa shape index (κ3) is 4.52. The summed E-state index contributed by atoms with van der Waals surface area (Å²) < 4.78 is 39.4. The van der Waals surface area contributed by atoms with Crippen LogP contribution in [0.25, 0.3) is 5.69 Å². The molecule has 1 heterocycles. The first-order valence-corrected chi connectivity index (χ1v) is 7.80. The van der Waals surface area contributed by atoms with Crippen molar-refractivity contribution < 1.29 is 13.2 Å². The first-order valence-electron chi connectivity index (χ1n) is 7.42. The number of alkyl halides is 3. The molecule has 0 saturated carbocycles. The number of aromatic nitrogens is 2. The normalized spacial score (nSPS) is 11.8. The first kappa shape index (κ1) is 19.3. The van der Waals surface area contributed by atoms with Crippen molar-refractivity contribution in [2.75, 3.05) is 39.1 Å². The molecule has 0 amide bonds. The Hall–Kier alpha value is -2.06. The largest absolute Gasteiger partial charge is 0.416 e. The van der Waals surface area contributed by atoms with Crippen LogP contribution >= 0.6 is 11.6 Å². The molecule has 1 aromatic carbocycles. The quantitative estimate of drug-likeness (QED) is 0.807. The molecule has 0 fully saturated rings.